The monoisotopic (exact) mass is 331 g/mol. The van der Waals surface area contributed by atoms with Crippen LogP contribution < -0.4 is 5.32 Å². The molecule has 0 aliphatic carbocycles. The SMILES string of the molecule is CC(NC1COCc2ccccc21)c1ccccc1Br. The topological polar surface area (TPSA) is 21.3 Å². The van der Waals surface area contributed by atoms with Crippen molar-refractivity contribution in [3.05, 3.63) is 69.7 Å². The number of benzene rings is 2. The van der Waals surface area contributed by atoms with Crippen molar-refractivity contribution in [3.63, 3.8) is 0 Å². The van der Waals surface area contributed by atoms with Gasteiger partial charge in [-0.25, -0.2) is 0 Å². The molecule has 1 N–H and O–H groups in total. The van der Waals surface area contributed by atoms with E-state index in [-0.39, 0.29) is 12.1 Å². The summed E-state index contributed by atoms with van der Waals surface area (Å²) in [7, 11) is 0. The van der Waals surface area contributed by atoms with E-state index < -0.39 is 0 Å². The zero-order valence-electron chi connectivity index (χ0n) is 11.5. The molecule has 104 valence electrons. The zero-order chi connectivity index (χ0) is 13.9. The Balaban J connectivity index is 1.81. The minimum absolute atomic E-state index is 0.252. The van der Waals surface area contributed by atoms with Crippen molar-refractivity contribution in [3.8, 4) is 0 Å². The summed E-state index contributed by atoms with van der Waals surface area (Å²) in [4.78, 5) is 0. The third kappa shape index (κ3) is 2.80. The Hall–Kier alpha value is -1.16. The van der Waals surface area contributed by atoms with Crippen LogP contribution in [0.3, 0.4) is 0 Å². The molecule has 0 amide bonds. The molecule has 0 aromatic heterocycles. The Morgan fingerprint density at radius 3 is 2.75 bits per heavy atom. The van der Waals surface area contributed by atoms with Crippen LogP contribution in [-0.2, 0) is 11.3 Å². The van der Waals surface area contributed by atoms with Gasteiger partial charge in [0.2, 0.25) is 0 Å². The highest BCUT2D eigenvalue weighted by Crippen LogP contribution is 2.29. The first-order chi connectivity index (χ1) is 9.75. The van der Waals surface area contributed by atoms with Crippen molar-refractivity contribution in [2.45, 2.75) is 25.6 Å². The van der Waals surface area contributed by atoms with Gasteiger partial charge in [-0.1, -0.05) is 58.4 Å². The number of fused-ring (bicyclic) bond motifs is 1. The van der Waals surface area contributed by atoms with E-state index in [1.165, 1.54) is 16.7 Å². The maximum absolute atomic E-state index is 5.70. The van der Waals surface area contributed by atoms with E-state index in [2.05, 4.69) is 70.6 Å². The van der Waals surface area contributed by atoms with Gasteiger partial charge in [0.1, 0.15) is 0 Å². The third-order valence-electron chi connectivity index (χ3n) is 3.80. The van der Waals surface area contributed by atoms with Crippen molar-refractivity contribution in [1.82, 2.24) is 5.32 Å². The Kier molecular flexibility index (Phi) is 4.20. The van der Waals surface area contributed by atoms with Crippen molar-refractivity contribution in [2.24, 2.45) is 0 Å². The quantitative estimate of drug-likeness (QED) is 0.901. The Labute approximate surface area is 128 Å². The van der Waals surface area contributed by atoms with E-state index in [1.54, 1.807) is 0 Å². The first kappa shape index (κ1) is 13.8. The van der Waals surface area contributed by atoms with Crippen LogP contribution in [0.2, 0.25) is 0 Å². The second-order valence-corrected chi connectivity index (χ2v) is 6.03. The summed E-state index contributed by atoms with van der Waals surface area (Å²) in [5.41, 5.74) is 3.92. The number of hydrogen-bond acceptors (Lipinski definition) is 2. The molecule has 3 heteroatoms. The second-order valence-electron chi connectivity index (χ2n) is 5.18. The molecule has 0 saturated carbocycles. The van der Waals surface area contributed by atoms with Crippen LogP contribution in [-0.4, -0.2) is 6.61 Å². The summed E-state index contributed by atoms with van der Waals surface area (Å²) < 4.78 is 6.84. The fourth-order valence-corrected chi connectivity index (χ4v) is 3.37. The van der Waals surface area contributed by atoms with Crippen LogP contribution in [0.1, 0.15) is 35.7 Å². The van der Waals surface area contributed by atoms with Crippen LogP contribution in [0.4, 0.5) is 0 Å². The van der Waals surface area contributed by atoms with E-state index in [0.717, 1.165) is 17.7 Å². The van der Waals surface area contributed by atoms with Gasteiger partial charge in [0, 0.05) is 10.5 Å². The first-order valence-electron chi connectivity index (χ1n) is 6.91. The van der Waals surface area contributed by atoms with E-state index >= 15 is 0 Å². The minimum atomic E-state index is 0.252. The molecule has 2 unspecified atom stereocenters. The number of halogens is 1. The predicted octanol–water partition coefficient (Wildman–Crippen LogP) is 4.37. The Morgan fingerprint density at radius 2 is 1.90 bits per heavy atom. The summed E-state index contributed by atoms with van der Waals surface area (Å²) in [6.45, 7) is 3.64. The molecule has 0 saturated heterocycles. The smallest absolute Gasteiger partial charge is 0.0721 e. The number of rotatable bonds is 3. The maximum atomic E-state index is 5.70. The molecule has 0 radical (unpaired) electrons. The predicted molar refractivity (Wildman–Crippen MR) is 84.5 cm³/mol. The molecule has 0 fully saturated rings. The van der Waals surface area contributed by atoms with Gasteiger partial charge in [-0.2, -0.15) is 0 Å². The van der Waals surface area contributed by atoms with E-state index in [1.807, 2.05) is 6.07 Å². The first-order valence-corrected chi connectivity index (χ1v) is 7.71. The summed E-state index contributed by atoms with van der Waals surface area (Å²) in [5, 5.41) is 3.68. The van der Waals surface area contributed by atoms with E-state index in [4.69, 9.17) is 4.74 Å². The third-order valence-corrected chi connectivity index (χ3v) is 4.52. The molecule has 1 heterocycles. The lowest BCUT2D eigenvalue weighted by Crippen LogP contribution is -2.31. The largest absolute Gasteiger partial charge is 0.375 e. The summed E-state index contributed by atoms with van der Waals surface area (Å²) in [6.07, 6.45) is 0. The van der Waals surface area contributed by atoms with Crippen molar-refractivity contribution in [1.29, 1.82) is 0 Å². The molecule has 0 bridgehead atoms. The van der Waals surface area contributed by atoms with Gasteiger partial charge in [-0.3, -0.25) is 0 Å². The van der Waals surface area contributed by atoms with Gasteiger partial charge in [-0.15, -0.1) is 0 Å². The minimum Gasteiger partial charge on any atom is -0.375 e. The maximum Gasteiger partial charge on any atom is 0.0721 e. The van der Waals surface area contributed by atoms with Crippen molar-refractivity contribution in [2.75, 3.05) is 6.61 Å². The lowest BCUT2D eigenvalue weighted by Gasteiger charge is -2.29. The molecule has 2 atom stereocenters. The molecular weight excluding hydrogens is 314 g/mol. The molecule has 2 nitrogen and oxygen atoms in total. The second kappa shape index (κ2) is 6.08. The molecular formula is C17H18BrNO. The standard InChI is InChI=1S/C17H18BrNO/c1-12(14-7-4-5-9-16(14)18)19-17-11-20-10-13-6-2-3-8-15(13)17/h2-9,12,17,19H,10-11H2,1H3. The molecule has 1 aliphatic rings. The summed E-state index contributed by atoms with van der Waals surface area (Å²) in [5.74, 6) is 0. The highest BCUT2D eigenvalue weighted by Gasteiger charge is 2.22. The zero-order valence-corrected chi connectivity index (χ0v) is 13.1. The van der Waals surface area contributed by atoms with Gasteiger partial charge >= 0.3 is 0 Å². The number of nitrogens with one attached hydrogen (secondary N) is 1. The van der Waals surface area contributed by atoms with Gasteiger partial charge in [0.05, 0.1) is 19.3 Å². The summed E-state index contributed by atoms with van der Waals surface area (Å²) >= 11 is 3.62. The highest BCUT2D eigenvalue weighted by atomic mass is 79.9. The van der Waals surface area contributed by atoms with Gasteiger partial charge in [0.25, 0.3) is 0 Å². The van der Waals surface area contributed by atoms with E-state index in [9.17, 15) is 0 Å². The molecule has 1 aliphatic heterocycles. The molecule has 2 aromatic carbocycles. The average molecular weight is 332 g/mol. The fourth-order valence-electron chi connectivity index (χ4n) is 2.74. The number of ether oxygens (including phenoxy) is 1. The normalized spacial score (nSPS) is 19.4. The summed E-state index contributed by atoms with van der Waals surface area (Å²) in [6, 6.07) is 17.4. The highest BCUT2D eigenvalue weighted by molar-refractivity contribution is 9.10. The average Bonchev–Trinajstić information content (AvgIpc) is 2.48. The lowest BCUT2D eigenvalue weighted by atomic mass is 9.97. The molecule has 0 spiro atoms. The van der Waals surface area contributed by atoms with Crippen LogP contribution in [0.25, 0.3) is 0 Å². The Bertz CT molecular complexity index is 599. The van der Waals surface area contributed by atoms with Crippen molar-refractivity contribution >= 4 is 15.9 Å². The van der Waals surface area contributed by atoms with Gasteiger partial charge < -0.3 is 10.1 Å². The molecule has 2 aromatic rings. The van der Waals surface area contributed by atoms with Crippen LogP contribution >= 0.6 is 15.9 Å². The van der Waals surface area contributed by atoms with Crippen LogP contribution in [0, 0.1) is 0 Å². The van der Waals surface area contributed by atoms with Crippen LogP contribution in [0.5, 0.6) is 0 Å². The van der Waals surface area contributed by atoms with Crippen molar-refractivity contribution < 1.29 is 4.74 Å². The molecule has 20 heavy (non-hydrogen) atoms. The fraction of sp³-hybridized carbons (Fsp3) is 0.294. The number of hydrogen-bond donors (Lipinski definition) is 1. The Morgan fingerprint density at radius 1 is 1.15 bits per heavy atom. The van der Waals surface area contributed by atoms with Gasteiger partial charge in [-0.05, 0) is 29.7 Å². The van der Waals surface area contributed by atoms with E-state index in [0.29, 0.717) is 0 Å². The van der Waals surface area contributed by atoms with Gasteiger partial charge in [0.15, 0.2) is 0 Å². The van der Waals surface area contributed by atoms with Crippen LogP contribution in [0.15, 0.2) is 53.0 Å². The lowest BCUT2D eigenvalue weighted by molar-refractivity contribution is 0.0790. The molecule has 3 rings (SSSR count).